The van der Waals surface area contributed by atoms with Crippen LogP contribution < -0.4 is 14.8 Å². The van der Waals surface area contributed by atoms with Gasteiger partial charge in [-0.3, -0.25) is 0 Å². The Labute approximate surface area is 88.8 Å². The smallest absolute Gasteiger partial charge is 0.220 e. The fraction of sp³-hybridized carbons (Fsp3) is 0.600. The van der Waals surface area contributed by atoms with E-state index in [-0.39, 0.29) is 6.10 Å². The number of methoxy groups -OCH3 is 1. The van der Waals surface area contributed by atoms with E-state index in [2.05, 4.69) is 22.2 Å². The maximum Gasteiger partial charge on any atom is 0.220 e. The van der Waals surface area contributed by atoms with Crippen molar-refractivity contribution in [3.8, 4) is 11.8 Å². The van der Waals surface area contributed by atoms with Crippen LogP contribution in [0, 0.1) is 0 Å². The second kappa shape index (κ2) is 4.44. The van der Waals surface area contributed by atoms with Crippen molar-refractivity contribution in [1.29, 1.82) is 0 Å². The van der Waals surface area contributed by atoms with Gasteiger partial charge < -0.3 is 14.8 Å². The van der Waals surface area contributed by atoms with Gasteiger partial charge in [-0.1, -0.05) is 0 Å². The van der Waals surface area contributed by atoms with E-state index < -0.39 is 0 Å². The summed E-state index contributed by atoms with van der Waals surface area (Å²) < 4.78 is 10.7. The molecule has 5 nitrogen and oxygen atoms in total. The molecule has 2 atom stereocenters. The highest BCUT2D eigenvalue weighted by Crippen LogP contribution is 2.17. The van der Waals surface area contributed by atoms with E-state index >= 15 is 0 Å². The largest absolute Gasteiger partial charge is 0.481 e. The number of rotatable bonds is 3. The maximum atomic E-state index is 5.69. The van der Waals surface area contributed by atoms with Gasteiger partial charge in [-0.15, -0.1) is 0 Å². The first-order valence-electron chi connectivity index (χ1n) is 5.04. The molecule has 0 aliphatic carbocycles. The zero-order chi connectivity index (χ0) is 10.7. The molecule has 5 heteroatoms. The van der Waals surface area contributed by atoms with Crippen LogP contribution in [0.5, 0.6) is 11.8 Å². The van der Waals surface area contributed by atoms with E-state index in [1.54, 1.807) is 13.2 Å². The minimum atomic E-state index is 0.194. The van der Waals surface area contributed by atoms with Crippen molar-refractivity contribution in [1.82, 2.24) is 15.3 Å². The molecule has 2 rings (SSSR count). The molecule has 82 valence electrons. The predicted octanol–water partition coefficient (Wildman–Crippen LogP) is 0.614. The monoisotopic (exact) mass is 209 g/mol. The quantitative estimate of drug-likeness (QED) is 0.790. The molecule has 15 heavy (non-hydrogen) atoms. The lowest BCUT2D eigenvalue weighted by atomic mass is 10.2. The molecule has 1 aromatic heterocycles. The number of hydrogen-bond acceptors (Lipinski definition) is 5. The summed E-state index contributed by atoms with van der Waals surface area (Å²) in [6.45, 7) is 3.01. The van der Waals surface area contributed by atoms with Gasteiger partial charge >= 0.3 is 0 Å². The molecule has 1 aliphatic rings. The van der Waals surface area contributed by atoms with E-state index in [0.717, 1.165) is 13.0 Å². The van der Waals surface area contributed by atoms with Crippen LogP contribution in [0.4, 0.5) is 0 Å². The third-order valence-corrected chi connectivity index (χ3v) is 2.42. The van der Waals surface area contributed by atoms with Crippen molar-refractivity contribution >= 4 is 0 Å². The van der Waals surface area contributed by atoms with E-state index in [4.69, 9.17) is 9.47 Å². The minimum absolute atomic E-state index is 0.194. The summed E-state index contributed by atoms with van der Waals surface area (Å²) in [5, 5.41) is 3.32. The molecule has 0 unspecified atom stereocenters. The van der Waals surface area contributed by atoms with Crippen molar-refractivity contribution < 1.29 is 9.47 Å². The lowest BCUT2D eigenvalue weighted by molar-refractivity contribution is 0.210. The molecule has 1 aliphatic heterocycles. The van der Waals surface area contributed by atoms with Gasteiger partial charge in [-0.25, -0.2) is 9.97 Å². The summed E-state index contributed by atoms with van der Waals surface area (Å²) in [6.07, 6.45) is 2.64. The molecule has 0 amide bonds. The number of aromatic nitrogens is 2. The molecular formula is C10H15N3O2. The molecule has 0 saturated carbocycles. The Hall–Kier alpha value is -1.36. The van der Waals surface area contributed by atoms with Crippen LogP contribution in [0.15, 0.2) is 12.4 Å². The van der Waals surface area contributed by atoms with E-state index in [1.807, 2.05) is 0 Å². The number of nitrogens with one attached hydrogen (secondary N) is 1. The SMILES string of the molecule is COc1cc(O[C@H]2CN[C@@H](C)C2)ncn1. The highest BCUT2D eigenvalue weighted by Gasteiger charge is 2.22. The molecule has 1 fully saturated rings. The van der Waals surface area contributed by atoms with Gasteiger partial charge in [0.2, 0.25) is 11.8 Å². The molecule has 1 saturated heterocycles. The normalized spacial score (nSPS) is 25.2. The number of hydrogen-bond donors (Lipinski definition) is 1. The fourth-order valence-electron chi connectivity index (χ4n) is 1.65. The Morgan fingerprint density at radius 1 is 1.40 bits per heavy atom. The Balaban J connectivity index is 1.98. The standard InChI is InChI=1S/C10H15N3O2/c1-7-3-8(5-11-7)15-10-4-9(14-2)12-6-13-10/h4,6-8,11H,3,5H2,1-2H3/t7-,8+/m0/s1. The minimum Gasteiger partial charge on any atom is -0.481 e. The molecule has 2 heterocycles. The van der Waals surface area contributed by atoms with Crippen LogP contribution in [0.3, 0.4) is 0 Å². The van der Waals surface area contributed by atoms with E-state index in [1.165, 1.54) is 6.33 Å². The molecule has 1 aromatic rings. The van der Waals surface area contributed by atoms with Crippen molar-refractivity contribution in [2.45, 2.75) is 25.5 Å². The van der Waals surface area contributed by atoms with Crippen molar-refractivity contribution in [2.75, 3.05) is 13.7 Å². The highest BCUT2D eigenvalue weighted by molar-refractivity contribution is 5.18. The van der Waals surface area contributed by atoms with Crippen molar-refractivity contribution in [3.63, 3.8) is 0 Å². The lowest BCUT2D eigenvalue weighted by Crippen LogP contribution is -2.21. The molecule has 0 bridgehead atoms. The fourth-order valence-corrected chi connectivity index (χ4v) is 1.65. The topological polar surface area (TPSA) is 56.3 Å². The van der Waals surface area contributed by atoms with E-state index in [9.17, 15) is 0 Å². The van der Waals surface area contributed by atoms with Gasteiger partial charge in [0, 0.05) is 19.0 Å². The van der Waals surface area contributed by atoms with Crippen LogP contribution in [-0.2, 0) is 0 Å². The average molecular weight is 209 g/mol. The summed E-state index contributed by atoms with van der Waals surface area (Å²) >= 11 is 0. The molecule has 1 N–H and O–H groups in total. The number of nitrogens with zero attached hydrogens (tertiary/aromatic N) is 2. The molecule has 0 spiro atoms. The zero-order valence-electron chi connectivity index (χ0n) is 8.93. The van der Waals surface area contributed by atoms with Crippen molar-refractivity contribution in [2.24, 2.45) is 0 Å². The van der Waals surface area contributed by atoms with Crippen LogP contribution in [-0.4, -0.2) is 35.8 Å². The Morgan fingerprint density at radius 3 is 2.87 bits per heavy atom. The number of ether oxygens (including phenoxy) is 2. The average Bonchev–Trinajstić information content (AvgIpc) is 2.64. The molecule has 0 radical (unpaired) electrons. The first-order valence-corrected chi connectivity index (χ1v) is 5.04. The Bertz CT molecular complexity index is 332. The first kappa shape index (κ1) is 10.2. The summed E-state index contributed by atoms with van der Waals surface area (Å²) in [6, 6.07) is 2.21. The molecular weight excluding hydrogens is 194 g/mol. The Kier molecular flexibility index (Phi) is 3.01. The van der Waals surface area contributed by atoms with Gasteiger partial charge in [0.25, 0.3) is 0 Å². The van der Waals surface area contributed by atoms with Gasteiger partial charge in [-0.2, -0.15) is 0 Å². The zero-order valence-corrected chi connectivity index (χ0v) is 8.93. The van der Waals surface area contributed by atoms with Gasteiger partial charge in [-0.05, 0) is 6.92 Å². The lowest BCUT2D eigenvalue weighted by Gasteiger charge is -2.11. The van der Waals surface area contributed by atoms with Gasteiger partial charge in [0.05, 0.1) is 13.2 Å². The van der Waals surface area contributed by atoms with Gasteiger partial charge in [0.1, 0.15) is 12.4 Å². The van der Waals surface area contributed by atoms with Crippen LogP contribution in [0.1, 0.15) is 13.3 Å². The predicted molar refractivity (Wildman–Crippen MR) is 55.1 cm³/mol. The first-order chi connectivity index (χ1) is 7.28. The third-order valence-electron chi connectivity index (χ3n) is 2.42. The highest BCUT2D eigenvalue weighted by atomic mass is 16.5. The van der Waals surface area contributed by atoms with Gasteiger partial charge in [0.15, 0.2) is 0 Å². The summed E-state index contributed by atoms with van der Waals surface area (Å²) in [5.74, 6) is 1.10. The molecule has 0 aromatic carbocycles. The summed E-state index contributed by atoms with van der Waals surface area (Å²) in [5.41, 5.74) is 0. The second-order valence-corrected chi connectivity index (χ2v) is 3.68. The summed E-state index contributed by atoms with van der Waals surface area (Å²) in [7, 11) is 1.57. The maximum absolute atomic E-state index is 5.69. The van der Waals surface area contributed by atoms with Crippen LogP contribution in [0.25, 0.3) is 0 Å². The Morgan fingerprint density at radius 2 is 2.20 bits per heavy atom. The van der Waals surface area contributed by atoms with Crippen LogP contribution >= 0.6 is 0 Å². The van der Waals surface area contributed by atoms with Crippen molar-refractivity contribution in [3.05, 3.63) is 12.4 Å². The van der Waals surface area contributed by atoms with E-state index in [0.29, 0.717) is 17.8 Å². The second-order valence-electron chi connectivity index (χ2n) is 3.68. The third kappa shape index (κ3) is 2.56. The van der Waals surface area contributed by atoms with Crippen LogP contribution in [0.2, 0.25) is 0 Å². The summed E-state index contributed by atoms with van der Waals surface area (Å²) in [4.78, 5) is 7.95.